The Morgan fingerprint density at radius 1 is 1.03 bits per heavy atom. The molecule has 172 valence electrons. The molecule has 0 radical (unpaired) electrons. The molecule has 7 heteroatoms. The topological polar surface area (TPSA) is 85.6 Å². The number of ketones is 1. The minimum absolute atomic E-state index is 0.0734. The van der Waals surface area contributed by atoms with E-state index in [2.05, 4.69) is 5.32 Å². The van der Waals surface area contributed by atoms with Gasteiger partial charge in [-0.2, -0.15) is 0 Å². The number of hydrogen-bond donors (Lipinski definition) is 1. The number of amides is 1. The number of anilines is 1. The molecule has 0 atom stereocenters. The quantitative estimate of drug-likeness (QED) is 0.348. The second kappa shape index (κ2) is 9.53. The van der Waals surface area contributed by atoms with Crippen LogP contribution in [0, 0.1) is 13.8 Å². The fraction of sp³-hybridized carbons (Fsp3) is 0.148. The molecule has 3 aromatic carbocycles. The molecule has 0 saturated carbocycles. The Morgan fingerprint density at radius 2 is 1.74 bits per heavy atom. The molecule has 6 nitrogen and oxygen atoms in total. The number of aryl methyl sites for hydroxylation is 2. The molecule has 1 N–H and O–H groups in total. The summed E-state index contributed by atoms with van der Waals surface area (Å²) < 4.78 is 11.9. The van der Waals surface area contributed by atoms with Gasteiger partial charge in [0.25, 0.3) is 0 Å². The lowest BCUT2D eigenvalue weighted by molar-refractivity contribution is -0.114. The number of rotatable bonds is 6. The van der Waals surface area contributed by atoms with Crippen LogP contribution in [-0.2, 0) is 4.79 Å². The second-order valence-electron chi connectivity index (χ2n) is 7.99. The van der Waals surface area contributed by atoms with Gasteiger partial charge in [-0.1, -0.05) is 29.8 Å². The average Bonchev–Trinajstić information content (AvgIpc) is 2.78. The molecule has 0 fully saturated rings. The Labute approximate surface area is 201 Å². The maximum Gasteiger partial charge on any atom is 0.235 e. The summed E-state index contributed by atoms with van der Waals surface area (Å²) in [5.41, 5.74) is 3.19. The van der Waals surface area contributed by atoms with Gasteiger partial charge in [-0.05, 0) is 67.4 Å². The van der Waals surface area contributed by atoms with Crippen molar-refractivity contribution in [2.24, 2.45) is 0 Å². The number of ether oxygens (including phenoxy) is 1. The highest BCUT2D eigenvalue weighted by Gasteiger charge is 2.22. The maximum atomic E-state index is 13.5. The van der Waals surface area contributed by atoms with Crippen molar-refractivity contribution in [3.63, 3.8) is 0 Å². The van der Waals surface area contributed by atoms with Crippen molar-refractivity contribution < 1.29 is 18.7 Å². The Morgan fingerprint density at radius 3 is 2.41 bits per heavy atom. The van der Waals surface area contributed by atoms with Gasteiger partial charge in [0.15, 0.2) is 18.2 Å². The summed E-state index contributed by atoms with van der Waals surface area (Å²) >= 11 is 6.39. The summed E-state index contributed by atoms with van der Waals surface area (Å²) in [6.07, 6.45) is 0. The lowest BCUT2D eigenvalue weighted by Gasteiger charge is -2.14. The highest BCUT2D eigenvalue weighted by molar-refractivity contribution is 6.33. The lowest BCUT2D eigenvalue weighted by atomic mass is 10.0. The molecule has 0 aliphatic rings. The van der Waals surface area contributed by atoms with Gasteiger partial charge in [-0.15, -0.1) is 0 Å². The second-order valence-corrected chi connectivity index (χ2v) is 8.40. The van der Waals surface area contributed by atoms with E-state index in [0.29, 0.717) is 32.8 Å². The van der Waals surface area contributed by atoms with Crippen LogP contribution in [0.2, 0.25) is 5.02 Å². The van der Waals surface area contributed by atoms with Crippen LogP contribution < -0.4 is 15.5 Å². The van der Waals surface area contributed by atoms with Crippen molar-refractivity contribution in [3.05, 3.63) is 92.6 Å². The first kappa shape index (κ1) is 23.3. The lowest BCUT2D eigenvalue weighted by Crippen LogP contribution is -2.17. The smallest absolute Gasteiger partial charge is 0.235 e. The summed E-state index contributed by atoms with van der Waals surface area (Å²) in [6, 6.07) is 17.1. The Kier molecular flexibility index (Phi) is 6.52. The van der Waals surface area contributed by atoms with Gasteiger partial charge in [0.2, 0.25) is 17.1 Å². The number of carbonyl (C=O) groups is 2. The van der Waals surface area contributed by atoms with E-state index in [-0.39, 0.29) is 35.2 Å². The van der Waals surface area contributed by atoms with E-state index in [4.69, 9.17) is 20.8 Å². The first-order valence-corrected chi connectivity index (χ1v) is 11.0. The molecular formula is C27H22ClNO5. The van der Waals surface area contributed by atoms with E-state index >= 15 is 0 Å². The number of carbonyl (C=O) groups excluding carboxylic acids is 2. The van der Waals surface area contributed by atoms with Crippen LogP contribution in [0.4, 0.5) is 5.69 Å². The number of halogens is 1. The number of hydrogen-bond acceptors (Lipinski definition) is 5. The zero-order valence-corrected chi connectivity index (χ0v) is 19.7. The number of benzene rings is 3. The Balaban J connectivity index is 1.74. The molecule has 0 bridgehead atoms. The van der Waals surface area contributed by atoms with Gasteiger partial charge in [0.1, 0.15) is 5.58 Å². The first-order chi connectivity index (χ1) is 16.2. The summed E-state index contributed by atoms with van der Waals surface area (Å²) in [7, 11) is 0. The molecule has 0 aliphatic carbocycles. The van der Waals surface area contributed by atoms with E-state index < -0.39 is 0 Å². The van der Waals surface area contributed by atoms with Crippen LogP contribution in [0.1, 0.15) is 28.4 Å². The van der Waals surface area contributed by atoms with Crippen molar-refractivity contribution in [2.75, 3.05) is 11.9 Å². The third kappa shape index (κ3) is 4.72. The average molecular weight is 476 g/mol. The fourth-order valence-electron chi connectivity index (χ4n) is 3.79. The molecule has 0 unspecified atom stereocenters. The predicted octanol–water partition coefficient (Wildman–Crippen LogP) is 5.95. The molecule has 1 heterocycles. The van der Waals surface area contributed by atoms with Crippen LogP contribution in [0.5, 0.6) is 5.75 Å². The normalized spacial score (nSPS) is 10.8. The van der Waals surface area contributed by atoms with Gasteiger partial charge in [-0.25, -0.2) is 0 Å². The number of Topliss-reactive ketones (excluding diaryl/α,β-unsaturated/α-hetero) is 1. The summed E-state index contributed by atoms with van der Waals surface area (Å²) in [4.78, 5) is 37.5. The standard InChI is InChI=1S/C27H22ClNO5/c1-15-12-16(2)24-23(13-15)34-26(20-6-4-5-7-21(20)28)27(25(24)32)33-14-22(31)18-8-10-19(11-9-18)29-17(3)30/h4-13H,14H2,1-3H3,(H,29,30). The van der Waals surface area contributed by atoms with E-state index in [1.807, 2.05) is 19.9 Å². The molecule has 0 spiro atoms. The Bertz CT molecular complexity index is 1470. The van der Waals surface area contributed by atoms with Crippen LogP contribution in [0.15, 0.2) is 69.9 Å². The maximum absolute atomic E-state index is 13.5. The molecular weight excluding hydrogens is 454 g/mol. The SMILES string of the molecule is CC(=O)Nc1ccc(C(=O)COc2c(-c3ccccc3Cl)oc3cc(C)cc(C)c3c2=O)cc1. The zero-order valence-electron chi connectivity index (χ0n) is 18.9. The van der Waals surface area contributed by atoms with E-state index in [1.54, 1.807) is 54.6 Å². The minimum Gasteiger partial charge on any atom is -0.478 e. The zero-order chi connectivity index (χ0) is 24.4. The van der Waals surface area contributed by atoms with Crippen molar-refractivity contribution in [1.82, 2.24) is 0 Å². The van der Waals surface area contributed by atoms with Crippen molar-refractivity contribution in [3.8, 4) is 17.1 Å². The molecule has 1 amide bonds. The molecule has 0 aliphatic heterocycles. The molecule has 1 aromatic heterocycles. The molecule has 34 heavy (non-hydrogen) atoms. The first-order valence-electron chi connectivity index (χ1n) is 10.6. The third-order valence-electron chi connectivity index (χ3n) is 5.29. The van der Waals surface area contributed by atoms with Crippen LogP contribution >= 0.6 is 11.6 Å². The third-order valence-corrected chi connectivity index (χ3v) is 5.62. The van der Waals surface area contributed by atoms with E-state index in [9.17, 15) is 14.4 Å². The molecule has 0 saturated heterocycles. The van der Waals surface area contributed by atoms with E-state index in [0.717, 1.165) is 11.1 Å². The molecule has 4 aromatic rings. The predicted molar refractivity (Wildman–Crippen MR) is 133 cm³/mol. The summed E-state index contributed by atoms with van der Waals surface area (Å²) in [5.74, 6) is -0.444. The van der Waals surface area contributed by atoms with Crippen molar-refractivity contribution in [2.45, 2.75) is 20.8 Å². The summed E-state index contributed by atoms with van der Waals surface area (Å²) in [6.45, 7) is 4.77. The van der Waals surface area contributed by atoms with E-state index in [1.165, 1.54) is 6.92 Å². The van der Waals surface area contributed by atoms with Crippen LogP contribution in [0.3, 0.4) is 0 Å². The van der Waals surface area contributed by atoms with Crippen LogP contribution in [0.25, 0.3) is 22.3 Å². The van der Waals surface area contributed by atoms with Gasteiger partial charge in [0.05, 0.1) is 10.4 Å². The minimum atomic E-state index is -0.377. The number of nitrogens with one attached hydrogen (secondary N) is 1. The van der Waals surface area contributed by atoms with Gasteiger partial charge in [0, 0.05) is 23.7 Å². The van der Waals surface area contributed by atoms with Crippen molar-refractivity contribution >= 4 is 39.9 Å². The monoisotopic (exact) mass is 475 g/mol. The van der Waals surface area contributed by atoms with Gasteiger partial charge < -0.3 is 14.5 Å². The largest absolute Gasteiger partial charge is 0.478 e. The van der Waals surface area contributed by atoms with Gasteiger partial charge >= 0.3 is 0 Å². The van der Waals surface area contributed by atoms with Gasteiger partial charge in [-0.3, -0.25) is 14.4 Å². The summed E-state index contributed by atoms with van der Waals surface area (Å²) in [5, 5.41) is 3.43. The highest BCUT2D eigenvalue weighted by Crippen LogP contribution is 2.36. The van der Waals surface area contributed by atoms with Crippen LogP contribution in [-0.4, -0.2) is 18.3 Å². The molecule has 4 rings (SSSR count). The van der Waals surface area contributed by atoms with Crippen molar-refractivity contribution in [1.29, 1.82) is 0 Å². The fourth-order valence-corrected chi connectivity index (χ4v) is 4.01. The Hall–Kier alpha value is -3.90. The number of fused-ring (bicyclic) bond motifs is 1. The highest BCUT2D eigenvalue weighted by atomic mass is 35.5.